The molecule has 0 aliphatic carbocycles. The van der Waals surface area contributed by atoms with Gasteiger partial charge in [-0.2, -0.15) is 35.0 Å². The molecule has 27 heavy (non-hydrogen) atoms. The summed E-state index contributed by atoms with van der Waals surface area (Å²) >= 11 is 1.51. The van der Waals surface area contributed by atoms with E-state index in [0.29, 0.717) is 0 Å². The molecule has 0 spiro atoms. The zero-order valence-corrected chi connectivity index (χ0v) is 18.6. The van der Waals surface area contributed by atoms with E-state index in [4.69, 9.17) is 0 Å². The van der Waals surface area contributed by atoms with Crippen molar-refractivity contribution in [1.82, 2.24) is 0 Å². The van der Waals surface area contributed by atoms with Crippen molar-refractivity contribution >= 4 is 25.3 Å². The zero-order chi connectivity index (χ0) is 20.3. The Morgan fingerprint density at radius 1 is 0.741 bits per heavy atom. The predicted octanol–water partition coefficient (Wildman–Crippen LogP) is 7.49. The van der Waals surface area contributed by atoms with E-state index in [2.05, 4.69) is 116 Å². The molecule has 4 rings (SSSR count). The van der Waals surface area contributed by atoms with Gasteiger partial charge in [0.2, 0.25) is 0 Å². The fourth-order valence-corrected chi connectivity index (χ4v) is 2.14. The van der Waals surface area contributed by atoms with Crippen LogP contribution in [0.4, 0.5) is 0 Å². The summed E-state index contributed by atoms with van der Waals surface area (Å²) in [7, 11) is 0. The number of rotatable bonds is 0. The predicted molar refractivity (Wildman–Crippen MR) is 122 cm³/mol. The van der Waals surface area contributed by atoms with Gasteiger partial charge in [0.1, 0.15) is 0 Å². The van der Waals surface area contributed by atoms with Crippen LogP contribution in [0.3, 0.4) is 0 Å². The van der Waals surface area contributed by atoms with E-state index in [1.54, 1.807) is 0 Å². The van der Waals surface area contributed by atoms with Gasteiger partial charge in [0.15, 0.2) is 0 Å². The van der Waals surface area contributed by atoms with E-state index in [1.165, 1.54) is 57.9 Å². The van der Waals surface area contributed by atoms with Crippen LogP contribution in [0.5, 0.6) is 0 Å². The first kappa shape index (κ1) is 24.6. The summed E-state index contributed by atoms with van der Waals surface area (Å²) in [5.41, 5.74) is 0. The first-order valence-corrected chi connectivity index (χ1v) is 10.1. The molecule has 140 valence electrons. The Hall–Kier alpha value is -2.37. The maximum absolute atomic E-state index is 3.25. The van der Waals surface area contributed by atoms with Gasteiger partial charge < -0.3 is 0 Å². The first-order valence-electron chi connectivity index (χ1n) is 8.64. The minimum atomic E-state index is 1.33. The van der Waals surface area contributed by atoms with Crippen LogP contribution in [0.1, 0.15) is 6.92 Å². The molecule has 0 radical (unpaired) electrons. The minimum Gasteiger partial charge on any atom is -0.168 e. The Labute approximate surface area is 179 Å². The summed E-state index contributed by atoms with van der Waals surface area (Å²) < 4.78 is 2.09. The van der Waals surface area contributed by atoms with Crippen molar-refractivity contribution in [2.75, 3.05) is 0 Å². The van der Waals surface area contributed by atoms with Crippen molar-refractivity contribution in [3.8, 4) is 0 Å². The molecule has 4 aromatic rings. The Morgan fingerprint density at radius 2 is 1.04 bits per heavy atom. The second kappa shape index (κ2) is 17.1. The van der Waals surface area contributed by atoms with Gasteiger partial charge >= 0.3 is 34.9 Å². The molecule has 0 saturated carbocycles. The number of hydrogen-bond donors (Lipinski definition) is 0. The summed E-state index contributed by atoms with van der Waals surface area (Å²) in [4.78, 5) is 0. The van der Waals surface area contributed by atoms with E-state index in [-0.39, 0.29) is 0 Å². The number of hydrogen-bond acceptors (Lipinski definition) is 0. The van der Waals surface area contributed by atoms with Crippen molar-refractivity contribution in [2.45, 2.75) is 6.92 Å². The van der Waals surface area contributed by atoms with Crippen molar-refractivity contribution in [3.05, 3.63) is 124 Å². The molecular formula is C26H28Zr-4. The molecule has 0 fully saturated rings. The van der Waals surface area contributed by atoms with Gasteiger partial charge in [-0.25, -0.2) is 39.2 Å². The summed E-state index contributed by atoms with van der Waals surface area (Å²) in [6.07, 6.45) is 3.00. The van der Waals surface area contributed by atoms with Gasteiger partial charge in [0.05, 0.1) is 0 Å². The monoisotopic (exact) mass is 430 g/mol. The SMILES string of the molecule is C=C[CH2-].C=C[CH2-].C[CH]=[Zr].c1ccc2[cH-]ccc2c1.c1ccc2[cH-]ccc2c1. The average molecular weight is 432 g/mol. The third-order valence-corrected chi connectivity index (χ3v) is 3.10. The van der Waals surface area contributed by atoms with E-state index in [1.807, 2.05) is 6.92 Å². The number of allylic oxidation sites excluding steroid dienone is 2. The Bertz CT molecular complexity index is 736. The molecule has 0 saturated heterocycles. The van der Waals surface area contributed by atoms with E-state index < -0.39 is 0 Å². The quantitative estimate of drug-likeness (QED) is 0.253. The molecule has 0 nitrogen and oxygen atoms in total. The maximum Gasteiger partial charge on any atom is -0.0809 e. The Balaban J connectivity index is 0.000000354. The fraction of sp³-hybridized carbons (Fsp3) is 0.0385. The molecule has 0 N–H and O–H groups in total. The van der Waals surface area contributed by atoms with Crippen molar-refractivity contribution in [2.24, 2.45) is 0 Å². The third kappa shape index (κ3) is 11.1. The van der Waals surface area contributed by atoms with Crippen LogP contribution in [-0.2, 0) is 24.2 Å². The Kier molecular flexibility index (Phi) is 15.6. The van der Waals surface area contributed by atoms with Crippen LogP contribution in [-0.4, -0.2) is 3.71 Å². The second-order valence-electron chi connectivity index (χ2n) is 5.18. The number of benzene rings is 2. The summed E-state index contributed by atoms with van der Waals surface area (Å²) in [5, 5.41) is 5.32. The second-order valence-corrected chi connectivity index (χ2v) is 6.59. The van der Waals surface area contributed by atoms with Gasteiger partial charge in [-0.05, 0) is 0 Å². The Morgan fingerprint density at radius 3 is 1.33 bits per heavy atom. The molecule has 0 aromatic heterocycles. The molecule has 0 atom stereocenters. The molecule has 0 unspecified atom stereocenters. The molecule has 0 bridgehead atoms. The van der Waals surface area contributed by atoms with Crippen LogP contribution >= 0.6 is 0 Å². The smallest absolute Gasteiger partial charge is 0.0809 e. The fourth-order valence-electron chi connectivity index (χ4n) is 2.14. The third-order valence-electron chi connectivity index (χ3n) is 3.10. The number of fused-ring (bicyclic) bond motifs is 2. The average Bonchev–Trinajstić information content (AvgIpc) is 3.33. The van der Waals surface area contributed by atoms with Crippen LogP contribution in [0.25, 0.3) is 21.5 Å². The van der Waals surface area contributed by atoms with Gasteiger partial charge in [0, 0.05) is 0 Å². The molecule has 0 aliphatic heterocycles. The maximum atomic E-state index is 3.25. The molecular weight excluding hydrogens is 404 g/mol. The minimum absolute atomic E-state index is 1.33. The summed E-state index contributed by atoms with van der Waals surface area (Å²) in [5.74, 6) is 0. The van der Waals surface area contributed by atoms with E-state index in [9.17, 15) is 0 Å². The van der Waals surface area contributed by atoms with Gasteiger partial charge in [-0.1, -0.05) is 12.1 Å². The zero-order valence-electron chi connectivity index (χ0n) is 16.1. The molecule has 4 aromatic carbocycles. The largest absolute Gasteiger partial charge is 0.168 e. The molecule has 1 heteroatoms. The molecule has 0 aliphatic rings. The topological polar surface area (TPSA) is 0 Å². The summed E-state index contributed by atoms with van der Waals surface area (Å²) in [6.45, 7) is 15.0. The first-order chi connectivity index (χ1) is 13.2. The molecule has 0 amide bonds. The van der Waals surface area contributed by atoms with Crippen molar-refractivity contribution in [3.63, 3.8) is 0 Å². The summed E-state index contributed by atoms with van der Waals surface area (Å²) in [6, 6.07) is 29.3. The van der Waals surface area contributed by atoms with Gasteiger partial charge in [-0.3, -0.25) is 0 Å². The van der Waals surface area contributed by atoms with Crippen LogP contribution in [0.2, 0.25) is 0 Å². The van der Waals surface area contributed by atoms with E-state index >= 15 is 0 Å². The molecule has 0 heterocycles. The van der Waals surface area contributed by atoms with Gasteiger partial charge in [0.25, 0.3) is 0 Å². The van der Waals surface area contributed by atoms with Crippen LogP contribution in [0.15, 0.2) is 110 Å². The normalized spacial score (nSPS) is 8.15. The standard InChI is InChI=1S/2C9H7.2C3H5.C2H4.Zr/c2*1-2-5-9-7-3-6-8(9)4-1;2*1-3-2;1-2;/h2*1-7H;2*3H,1-2H2;1H,2H3;/q4*-1;;. The van der Waals surface area contributed by atoms with Crippen molar-refractivity contribution in [1.29, 1.82) is 0 Å². The van der Waals surface area contributed by atoms with Crippen LogP contribution in [0, 0.1) is 13.8 Å². The van der Waals surface area contributed by atoms with Gasteiger partial charge in [-0.15, -0.1) is 59.3 Å². The van der Waals surface area contributed by atoms with E-state index in [0.717, 1.165) is 0 Å². The van der Waals surface area contributed by atoms with Crippen molar-refractivity contribution < 1.29 is 24.2 Å². The van der Waals surface area contributed by atoms with Crippen LogP contribution < -0.4 is 0 Å².